The molecular weight excluding hydrogens is 440 g/mol. The second kappa shape index (κ2) is 17.4. The number of nitrogens with zero attached hydrogens (tertiary/aromatic N) is 1. The summed E-state index contributed by atoms with van der Waals surface area (Å²) < 4.78 is 0. The molecule has 5 heteroatoms. The lowest BCUT2D eigenvalue weighted by molar-refractivity contribution is 0.104. The van der Waals surface area contributed by atoms with Gasteiger partial charge in [0.05, 0.1) is 5.57 Å². The number of benzene rings is 1. The van der Waals surface area contributed by atoms with Crippen molar-refractivity contribution in [2.45, 2.75) is 110 Å². The summed E-state index contributed by atoms with van der Waals surface area (Å²) in [5.74, 6) is -0.234. The standard InChI is InChI=1S/C29H44N2O2S/c1-2-3-4-5-6-7-8-9-10-11-12-13-14-15-16-19-22-30-29(34)31-23-26-27(32)24-20-17-18-21-25(24)28(26)33/h17-18,20-21,23,32H,2-16,19,22H2,1H3,(H,30,34)/b31-23+. The average molecular weight is 485 g/mol. The molecule has 0 radical (unpaired) electrons. The SMILES string of the molecule is CCCCCCCCCCCCCCCCCCNC(=S)/N=C/C1=C(O)c2ccccc2C1=O. The molecule has 0 saturated heterocycles. The van der Waals surface area contributed by atoms with Crippen LogP contribution in [0.3, 0.4) is 0 Å². The Morgan fingerprint density at radius 3 is 1.79 bits per heavy atom. The summed E-state index contributed by atoms with van der Waals surface area (Å²) in [6.45, 7) is 3.06. The molecule has 0 atom stereocenters. The molecular formula is C29H44N2O2S. The Labute approximate surface area is 212 Å². The van der Waals surface area contributed by atoms with Gasteiger partial charge >= 0.3 is 0 Å². The first kappa shape index (κ1) is 28.2. The highest BCUT2D eigenvalue weighted by Crippen LogP contribution is 2.29. The maximum atomic E-state index is 12.4. The first-order chi connectivity index (χ1) is 16.6. The van der Waals surface area contributed by atoms with Crippen molar-refractivity contribution >= 4 is 35.1 Å². The fraction of sp³-hybridized carbons (Fsp3) is 0.621. The van der Waals surface area contributed by atoms with E-state index in [1.807, 2.05) is 0 Å². The molecule has 1 aliphatic rings. The zero-order valence-corrected chi connectivity index (χ0v) is 21.9. The Morgan fingerprint density at radius 1 is 0.824 bits per heavy atom. The third-order valence-corrected chi connectivity index (χ3v) is 6.79. The van der Waals surface area contributed by atoms with Crippen LogP contribution in [0.15, 0.2) is 34.8 Å². The predicted octanol–water partition coefficient (Wildman–Crippen LogP) is 8.36. The van der Waals surface area contributed by atoms with Crippen LogP contribution in [0.5, 0.6) is 0 Å². The molecule has 0 saturated carbocycles. The smallest absolute Gasteiger partial charge is 0.199 e. The van der Waals surface area contributed by atoms with E-state index in [2.05, 4.69) is 17.2 Å². The number of aliphatic imine (C=N–C) groups is 1. The third-order valence-electron chi connectivity index (χ3n) is 6.54. The maximum absolute atomic E-state index is 12.4. The Kier molecular flexibility index (Phi) is 14.5. The van der Waals surface area contributed by atoms with Crippen molar-refractivity contribution in [1.82, 2.24) is 5.32 Å². The summed E-state index contributed by atoms with van der Waals surface area (Å²) in [6, 6.07) is 7.03. The van der Waals surface area contributed by atoms with Crippen molar-refractivity contribution in [2.75, 3.05) is 6.54 Å². The van der Waals surface area contributed by atoms with Crippen LogP contribution in [0, 0.1) is 0 Å². The zero-order chi connectivity index (χ0) is 24.4. The Balaban J connectivity index is 1.41. The van der Waals surface area contributed by atoms with Gasteiger partial charge < -0.3 is 10.4 Å². The topological polar surface area (TPSA) is 61.7 Å². The highest BCUT2D eigenvalue weighted by Gasteiger charge is 2.27. The van der Waals surface area contributed by atoms with E-state index in [0.29, 0.717) is 16.2 Å². The largest absolute Gasteiger partial charge is 0.506 e. The van der Waals surface area contributed by atoms with Gasteiger partial charge in [-0.15, -0.1) is 0 Å². The lowest BCUT2D eigenvalue weighted by Crippen LogP contribution is -2.21. The number of aliphatic hydroxyl groups is 1. The predicted molar refractivity (Wildman–Crippen MR) is 149 cm³/mol. The summed E-state index contributed by atoms with van der Waals surface area (Å²) in [5.41, 5.74) is 1.27. The summed E-state index contributed by atoms with van der Waals surface area (Å²) in [6.07, 6.45) is 23.0. The molecule has 2 rings (SSSR count). The Morgan fingerprint density at radius 2 is 1.29 bits per heavy atom. The molecule has 1 aliphatic carbocycles. The molecule has 0 fully saturated rings. The maximum Gasteiger partial charge on any atom is 0.199 e. The number of unbranched alkanes of at least 4 members (excludes halogenated alkanes) is 15. The number of thiocarbonyl (C=S) groups is 1. The summed E-state index contributed by atoms with van der Waals surface area (Å²) in [4.78, 5) is 16.5. The molecule has 0 aromatic heterocycles. The second-order valence-electron chi connectivity index (χ2n) is 9.43. The van der Waals surface area contributed by atoms with Crippen LogP contribution >= 0.6 is 12.2 Å². The van der Waals surface area contributed by atoms with Crippen LogP contribution in [-0.4, -0.2) is 28.8 Å². The highest BCUT2D eigenvalue weighted by atomic mass is 32.1. The van der Waals surface area contributed by atoms with Crippen LogP contribution in [0.1, 0.15) is 126 Å². The van der Waals surface area contributed by atoms with Crippen molar-refractivity contribution < 1.29 is 9.90 Å². The van der Waals surface area contributed by atoms with E-state index in [-0.39, 0.29) is 17.1 Å². The number of fused-ring (bicyclic) bond motifs is 1. The number of rotatable bonds is 18. The Hall–Kier alpha value is -2.01. The first-order valence-electron chi connectivity index (χ1n) is 13.5. The lowest BCUT2D eigenvalue weighted by Gasteiger charge is -2.05. The summed E-state index contributed by atoms with van der Waals surface area (Å²) in [7, 11) is 0. The minimum Gasteiger partial charge on any atom is -0.506 e. The van der Waals surface area contributed by atoms with E-state index in [4.69, 9.17) is 12.2 Å². The van der Waals surface area contributed by atoms with E-state index in [9.17, 15) is 9.90 Å². The number of carbonyl (C=O) groups excluding carboxylic acids is 1. The zero-order valence-electron chi connectivity index (χ0n) is 21.1. The molecule has 1 aromatic rings. The van der Waals surface area contributed by atoms with Crippen LogP contribution in [0.25, 0.3) is 5.76 Å². The van der Waals surface area contributed by atoms with Crippen molar-refractivity contribution in [3.05, 3.63) is 41.0 Å². The van der Waals surface area contributed by atoms with E-state index in [1.165, 1.54) is 103 Å². The second-order valence-corrected chi connectivity index (χ2v) is 9.82. The molecule has 188 valence electrons. The third kappa shape index (κ3) is 10.5. The van der Waals surface area contributed by atoms with Gasteiger partial charge in [-0.2, -0.15) is 0 Å². The van der Waals surface area contributed by atoms with E-state index in [0.717, 1.165) is 13.0 Å². The molecule has 0 aliphatic heterocycles. The van der Waals surface area contributed by atoms with Crippen molar-refractivity contribution in [3.8, 4) is 0 Å². The fourth-order valence-electron chi connectivity index (χ4n) is 4.44. The number of nitrogens with one attached hydrogen (secondary N) is 1. The molecule has 0 heterocycles. The number of aliphatic hydroxyl groups excluding tert-OH is 1. The van der Waals surface area contributed by atoms with Crippen molar-refractivity contribution in [3.63, 3.8) is 0 Å². The Bertz CT molecular complexity index is 816. The van der Waals surface area contributed by atoms with Crippen molar-refractivity contribution in [1.29, 1.82) is 0 Å². The number of hydrogen-bond acceptors (Lipinski definition) is 3. The van der Waals surface area contributed by atoms with Crippen LogP contribution in [0.2, 0.25) is 0 Å². The van der Waals surface area contributed by atoms with Gasteiger partial charge in [0.15, 0.2) is 10.9 Å². The minimum absolute atomic E-state index is 0.0232. The quantitative estimate of drug-likeness (QED) is 0.125. The van der Waals surface area contributed by atoms with Gasteiger partial charge in [0.25, 0.3) is 0 Å². The van der Waals surface area contributed by atoms with E-state index >= 15 is 0 Å². The average Bonchev–Trinajstić information content (AvgIpc) is 3.09. The van der Waals surface area contributed by atoms with Gasteiger partial charge in [0, 0.05) is 23.9 Å². The number of hydrogen-bond donors (Lipinski definition) is 2. The highest BCUT2D eigenvalue weighted by molar-refractivity contribution is 7.80. The summed E-state index contributed by atoms with van der Waals surface area (Å²) >= 11 is 5.24. The monoisotopic (exact) mass is 484 g/mol. The molecule has 0 amide bonds. The van der Waals surface area contributed by atoms with Gasteiger partial charge in [-0.3, -0.25) is 4.79 Å². The first-order valence-corrected chi connectivity index (χ1v) is 13.9. The lowest BCUT2D eigenvalue weighted by atomic mass is 10.0. The van der Waals surface area contributed by atoms with Gasteiger partial charge in [-0.1, -0.05) is 128 Å². The number of allylic oxidation sites excluding steroid dienone is 1. The van der Waals surface area contributed by atoms with E-state index in [1.54, 1.807) is 24.3 Å². The van der Waals surface area contributed by atoms with Crippen LogP contribution < -0.4 is 5.32 Å². The number of Topliss-reactive ketones (excluding diaryl/α,β-unsaturated/α-hetero) is 1. The molecule has 1 aromatic carbocycles. The molecule has 2 N–H and O–H groups in total. The van der Waals surface area contributed by atoms with Gasteiger partial charge in [0.1, 0.15) is 5.76 Å². The van der Waals surface area contributed by atoms with Gasteiger partial charge in [-0.25, -0.2) is 4.99 Å². The van der Waals surface area contributed by atoms with Crippen LogP contribution in [0.4, 0.5) is 0 Å². The number of carbonyl (C=O) groups is 1. The number of ketones is 1. The van der Waals surface area contributed by atoms with Gasteiger partial charge in [0.2, 0.25) is 0 Å². The van der Waals surface area contributed by atoms with Crippen molar-refractivity contribution in [2.24, 2.45) is 4.99 Å². The molecule has 34 heavy (non-hydrogen) atoms. The fourth-order valence-corrected chi connectivity index (χ4v) is 4.60. The van der Waals surface area contributed by atoms with Gasteiger partial charge in [-0.05, 0) is 18.6 Å². The normalized spacial score (nSPS) is 13.1. The molecule has 0 spiro atoms. The summed E-state index contributed by atoms with van der Waals surface area (Å²) in [5, 5.41) is 13.7. The minimum atomic E-state index is -0.211. The van der Waals surface area contributed by atoms with E-state index < -0.39 is 0 Å². The molecule has 0 bridgehead atoms. The van der Waals surface area contributed by atoms with Crippen LogP contribution in [-0.2, 0) is 0 Å². The molecule has 0 unspecified atom stereocenters. The molecule has 4 nitrogen and oxygen atoms in total.